The molecule has 1 unspecified atom stereocenters. The summed E-state index contributed by atoms with van der Waals surface area (Å²) in [6.07, 6.45) is 0.540. The minimum absolute atomic E-state index is 0.0218. The lowest BCUT2D eigenvalue weighted by molar-refractivity contribution is -0.156. The summed E-state index contributed by atoms with van der Waals surface area (Å²) in [5, 5.41) is 0.0218. The largest absolute Gasteiger partial charge is 0.328 e. The van der Waals surface area contributed by atoms with Crippen LogP contribution in [0.5, 0.6) is 0 Å². The van der Waals surface area contributed by atoms with Crippen LogP contribution in [-0.4, -0.2) is 37.2 Å². The predicted molar refractivity (Wildman–Crippen MR) is 102 cm³/mol. The SMILES string of the molecule is CC1(C(=O)NS(=O)(=O)c2ccccc2Cl)CCN1C(=O)Cc1ccccc1. The maximum absolute atomic E-state index is 12.7. The van der Waals surface area contributed by atoms with E-state index in [1.165, 1.54) is 23.1 Å². The van der Waals surface area contributed by atoms with Crippen LogP contribution >= 0.6 is 11.6 Å². The van der Waals surface area contributed by atoms with Crippen LogP contribution in [0.25, 0.3) is 0 Å². The first-order valence-corrected chi connectivity index (χ1v) is 10.3. The molecule has 1 atom stereocenters. The molecule has 1 aliphatic rings. The van der Waals surface area contributed by atoms with Crippen LogP contribution in [0.2, 0.25) is 5.02 Å². The van der Waals surface area contributed by atoms with Gasteiger partial charge in [-0.15, -0.1) is 0 Å². The number of carbonyl (C=O) groups is 2. The van der Waals surface area contributed by atoms with Crippen molar-refractivity contribution in [3.63, 3.8) is 0 Å². The number of rotatable bonds is 5. The van der Waals surface area contributed by atoms with Gasteiger partial charge in [0.25, 0.3) is 15.9 Å². The fourth-order valence-electron chi connectivity index (χ4n) is 3.01. The van der Waals surface area contributed by atoms with E-state index in [-0.39, 0.29) is 22.2 Å². The van der Waals surface area contributed by atoms with Gasteiger partial charge in [-0.25, -0.2) is 13.1 Å². The van der Waals surface area contributed by atoms with Crippen molar-refractivity contribution >= 4 is 33.4 Å². The van der Waals surface area contributed by atoms with Crippen LogP contribution in [0.4, 0.5) is 0 Å². The molecule has 0 bridgehead atoms. The van der Waals surface area contributed by atoms with Crippen LogP contribution < -0.4 is 4.72 Å². The van der Waals surface area contributed by atoms with Crippen molar-refractivity contribution in [3.05, 3.63) is 65.2 Å². The third kappa shape index (κ3) is 3.84. The smallest absolute Gasteiger partial charge is 0.265 e. The summed E-state index contributed by atoms with van der Waals surface area (Å²) in [5.74, 6) is -0.963. The molecule has 1 fully saturated rings. The first-order valence-electron chi connectivity index (χ1n) is 8.40. The summed E-state index contributed by atoms with van der Waals surface area (Å²) in [4.78, 5) is 26.5. The highest BCUT2D eigenvalue weighted by Crippen LogP contribution is 2.32. The van der Waals surface area contributed by atoms with E-state index in [0.29, 0.717) is 13.0 Å². The Morgan fingerprint density at radius 3 is 2.33 bits per heavy atom. The molecule has 1 heterocycles. The number of hydrogen-bond donors (Lipinski definition) is 1. The Morgan fingerprint density at radius 2 is 1.74 bits per heavy atom. The highest BCUT2D eigenvalue weighted by molar-refractivity contribution is 7.90. The molecule has 0 aliphatic carbocycles. The van der Waals surface area contributed by atoms with E-state index in [1.54, 1.807) is 13.0 Å². The Hall–Kier alpha value is -2.38. The number of nitrogens with one attached hydrogen (secondary N) is 1. The molecule has 1 N–H and O–H groups in total. The van der Waals surface area contributed by atoms with E-state index in [2.05, 4.69) is 4.72 Å². The minimum atomic E-state index is -4.13. The summed E-state index contributed by atoms with van der Waals surface area (Å²) < 4.78 is 27.1. The Labute approximate surface area is 163 Å². The zero-order chi connectivity index (χ0) is 19.7. The zero-order valence-electron chi connectivity index (χ0n) is 14.7. The Kier molecular flexibility index (Phi) is 5.26. The van der Waals surface area contributed by atoms with Crippen molar-refractivity contribution in [3.8, 4) is 0 Å². The van der Waals surface area contributed by atoms with E-state index in [0.717, 1.165) is 5.56 Å². The maximum Gasteiger partial charge on any atom is 0.265 e. The lowest BCUT2D eigenvalue weighted by atomic mass is 9.85. The normalized spacial score (nSPS) is 19.3. The monoisotopic (exact) mass is 406 g/mol. The summed E-state index contributed by atoms with van der Waals surface area (Å²) in [6.45, 7) is 1.97. The third-order valence-electron chi connectivity index (χ3n) is 4.76. The van der Waals surface area contributed by atoms with Crippen molar-refractivity contribution in [2.24, 2.45) is 0 Å². The molecule has 2 aromatic carbocycles. The second-order valence-electron chi connectivity index (χ2n) is 6.60. The Morgan fingerprint density at radius 1 is 1.11 bits per heavy atom. The number of halogens is 1. The van der Waals surface area contributed by atoms with Gasteiger partial charge in [0.2, 0.25) is 5.91 Å². The molecule has 2 aromatic rings. The second kappa shape index (κ2) is 7.32. The van der Waals surface area contributed by atoms with Gasteiger partial charge in [-0.3, -0.25) is 9.59 Å². The first-order chi connectivity index (χ1) is 12.7. The van der Waals surface area contributed by atoms with E-state index in [4.69, 9.17) is 11.6 Å². The first kappa shape index (κ1) is 19.4. The van der Waals surface area contributed by atoms with Crippen molar-refractivity contribution < 1.29 is 18.0 Å². The molecule has 2 amide bonds. The number of nitrogens with zero attached hydrogens (tertiary/aromatic N) is 1. The van der Waals surface area contributed by atoms with Gasteiger partial charge in [0, 0.05) is 6.54 Å². The predicted octanol–water partition coefficient (Wildman–Crippen LogP) is 2.38. The molecule has 8 heteroatoms. The molecule has 1 aliphatic heterocycles. The number of likely N-dealkylation sites (tertiary alicyclic amines) is 1. The summed E-state index contributed by atoms with van der Waals surface area (Å²) in [7, 11) is -4.13. The van der Waals surface area contributed by atoms with Crippen LogP contribution in [0.15, 0.2) is 59.5 Å². The minimum Gasteiger partial charge on any atom is -0.328 e. The van der Waals surface area contributed by atoms with Crippen LogP contribution in [-0.2, 0) is 26.0 Å². The summed E-state index contributed by atoms with van der Waals surface area (Å²) >= 11 is 5.93. The van der Waals surface area contributed by atoms with E-state index in [9.17, 15) is 18.0 Å². The fraction of sp³-hybridized carbons (Fsp3) is 0.263. The fourth-order valence-corrected chi connectivity index (χ4v) is 4.61. The van der Waals surface area contributed by atoms with E-state index >= 15 is 0 Å². The molecular formula is C19H19ClN2O4S. The van der Waals surface area contributed by atoms with Crippen LogP contribution in [0.3, 0.4) is 0 Å². The van der Waals surface area contributed by atoms with Gasteiger partial charge in [-0.1, -0.05) is 54.1 Å². The molecular weight excluding hydrogens is 388 g/mol. The third-order valence-corrected chi connectivity index (χ3v) is 6.59. The number of carbonyl (C=O) groups excluding carboxylic acids is 2. The van der Waals surface area contributed by atoms with Gasteiger partial charge >= 0.3 is 0 Å². The summed E-state index contributed by atoms with van der Waals surface area (Å²) in [5.41, 5.74) is -0.374. The van der Waals surface area contributed by atoms with Crippen molar-refractivity contribution in [1.29, 1.82) is 0 Å². The molecule has 6 nitrogen and oxygen atoms in total. The van der Waals surface area contributed by atoms with Crippen molar-refractivity contribution in [2.75, 3.05) is 6.54 Å². The van der Waals surface area contributed by atoms with Gasteiger partial charge in [0.05, 0.1) is 11.4 Å². The lowest BCUT2D eigenvalue weighted by Crippen LogP contribution is -2.68. The van der Waals surface area contributed by atoms with Crippen molar-refractivity contribution in [2.45, 2.75) is 30.2 Å². The molecule has 142 valence electrons. The van der Waals surface area contributed by atoms with Crippen molar-refractivity contribution in [1.82, 2.24) is 9.62 Å². The second-order valence-corrected chi connectivity index (χ2v) is 8.65. The average Bonchev–Trinajstić information content (AvgIpc) is 2.60. The van der Waals surface area contributed by atoms with Gasteiger partial charge in [-0.05, 0) is 31.0 Å². The number of sulfonamides is 1. The van der Waals surface area contributed by atoms with Crippen LogP contribution in [0, 0.1) is 0 Å². The van der Waals surface area contributed by atoms with E-state index < -0.39 is 21.5 Å². The van der Waals surface area contributed by atoms with Gasteiger partial charge in [0.15, 0.2) is 0 Å². The van der Waals surface area contributed by atoms with Gasteiger partial charge in [0.1, 0.15) is 10.4 Å². The molecule has 1 saturated heterocycles. The Bertz CT molecular complexity index is 978. The highest BCUT2D eigenvalue weighted by Gasteiger charge is 2.50. The topological polar surface area (TPSA) is 83.6 Å². The summed E-state index contributed by atoms with van der Waals surface area (Å²) in [6, 6.07) is 15.1. The average molecular weight is 407 g/mol. The molecule has 0 aromatic heterocycles. The van der Waals surface area contributed by atoms with E-state index in [1.807, 2.05) is 30.3 Å². The quantitative estimate of drug-likeness (QED) is 0.826. The van der Waals surface area contributed by atoms with Gasteiger partial charge < -0.3 is 4.90 Å². The highest BCUT2D eigenvalue weighted by atomic mass is 35.5. The number of hydrogen-bond acceptors (Lipinski definition) is 4. The number of amides is 2. The lowest BCUT2D eigenvalue weighted by Gasteiger charge is -2.49. The van der Waals surface area contributed by atoms with Crippen LogP contribution in [0.1, 0.15) is 18.9 Å². The number of benzene rings is 2. The zero-order valence-corrected chi connectivity index (χ0v) is 16.3. The molecule has 0 radical (unpaired) electrons. The standard InChI is InChI=1S/C19H19ClN2O4S/c1-19(11-12-22(19)17(23)13-14-7-3-2-4-8-14)18(24)21-27(25,26)16-10-6-5-9-15(16)20/h2-10H,11-13H2,1H3,(H,21,24). The Balaban J connectivity index is 1.74. The van der Waals surface area contributed by atoms with Gasteiger partial charge in [-0.2, -0.15) is 0 Å². The maximum atomic E-state index is 12.7. The molecule has 3 rings (SSSR count). The molecule has 0 spiro atoms. The molecule has 0 saturated carbocycles. The molecule has 27 heavy (non-hydrogen) atoms.